The predicted octanol–water partition coefficient (Wildman–Crippen LogP) is 2.14. The van der Waals surface area contributed by atoms with Crippen molar-refractivity contribution in [1.29, 1.82) is 0 Å². The minimum Gasteiger partial charge on any atom is -0.369 e. The summed E-state index contributed by atoms with van der Waals surface area (Å²) in [7, 11) is 0. The second-order valence-electron chi connectivity index (χ2n) is 5.56. The zero-order chi connectivity index (χ0) is 15.0. The molecule has 2 heterocycles. The van der Waals surface area contributed by atoms with Crippen LogP contribution in [0.4, 0.5) is 5.69 Å². The second kappa shape index (κ2) is 4.84. The summed E-state index contributed by atoms with van der Waals surface area (Å²) >= 11 is 0. The van der Waals surface area contributed by atoms with Gasteiger partial charge in [0.1, 0.15) is 5.54 Å². The highest BCUT2D eigenvalue weighted by atomic mass is 15.4. The SMILES string of the molecule is Cc1ccccc1N1C(N)=NCC1(C)c1nccnc1C. The fraction of sp³-hybridized carbons (Fsp3) is 0.312. The third-order valence-electron chi connectivity index (χ3n) is 4.02. The summed E-state index contributed by atoms with van der Waals surface area (Å²) in [5.41, 5.74) is 9.80. The Bertz CT molecular complexity index is 709. The Labute approximate surface area is 124 Å². The number of hydrogen-bond acceptors (Lipinski definition) is 5. The standard InChI is InChI=1S/C16H19N5/c1-11-6-4-5-7-13(11)21-15(17)20-10-16(21,3)14-12(2)18-8-9-19-14/h4-9H,10H2,1-3H3,(H2,17,20). The lowest BCUT2D eigenvalue weighted by Gasteiger charge is -2.37. The molecule has 1 aromatic heterocycles. The van der Waals surface area contributed by atoms with E-state index in [1.807, 2.05) is 19.1 Å². The molecule has 0 saturated heterocycles. The van der Waals surface area contributed by atoms with Crippen LogP contribution in [0.2, 0.25) is 0 Å². The van der Waals surface area contributed by atoms with Crippen molar-refractivity contribution >= 4 is 11.6 Å². The highest BCUT2D eigenvalue weighted by molar-refractivity contribution is 5.99. The van der Waals surface area contributed by atoms with Gasteiger partial charge in [-0.3, -0.25) is 19.9 Å². The van der Waals surface area contributed by atoms with Gasteiger partial charge in [0.05, 0.1) is 17.9 Å². The molecule has 1 aliphatic heterocycles. The third-order valence-corrected chi connectivity index (χ3v) is 4.02. The number of nitrogens with zero attached hydrogens (tertiary/aromatic N) is 4. The molecular formula is C16H19N5. The quantitative estimate of drug-likeness (QED) is 0.915. The Balaban J connectivity index is 2.16. The molecule has 0 bridgehead atoms. The molecule has 108 valence electrons. The van der Waals surface area contributed by atoms with Crippen LogP contribution >= 0.6 is 0 Å². The number of hydrogen-bond donors (Lipinski definition) is 1. The molecule has 2 aromatic rings. The lowest BCUT2D eigenvalue weighted by atomic mass is 9.93. The molecule has 1 aromatic carbocycles. The fourth-order valence-corrected chi connectivity index (χ4v) is 2.95. The number of guanidine groups is 1. The first-order valence-corrected chi connectivity index (χ1v) is 6.98. The van der Waals surface area contributed by atoms with Crippen molar-refractivity contribution in [1.82, 2.24) is 9.97 Å². The number of para-hydroxylation sites is 1. The summed E-state index contributed by atoms with van der Waals surface area (Å²) in [4.78, 5) is 15.4. The summed E-state index contributed by atoms with van der Waals surface area (Å²) in [5, 5.41) is 0. The van der Waals surface area contributed by atoms with Gasteiger partial charge in [0.25, 0.3) is 0 Å². The molecule has 5 nitrogen and oxygen atoms in total. The normalized spacial score (nSPS) is 21.5. The van der Waals surface area contributed by atoms with E-state index in [0.29, 0.717) is 12.5 Å². The van der Waals surface area contributed by atoms with Crippen molar-refractivity contribution in [3.8, 4) is 0 Å². The molecule has 5 heteroatoms. The number of nitrogens with two attached hydrogens (primary N) is 1. The molecule has 2 N–H and O–H groups in total. The molecule has 3 rings (SSSR count). The van der Waals surface area contributed by atoms with Gasteiger partial charge in [-0.2, -0.15) is 0 Å². The van der Waals surface area contributed by atoms with Crippen LogP contribution in [0.15, 0.2) is 41.7 Å². The summed E-state index contributed by atoms with van der Waals surface area (Å²) < 4.78 is 0. The number of benzene rings is 1. The van der Waals surface area contributed by atoms with Crippen molar-refractivity contribution in [2.75, 3.05) is 11.4 Å². The fourth-order valence-electron chi connectivity index (χ4n) is 2.95. The first-order chi connectivity index (χ1) is 10.0. The molecule has 1 atom stereocenters. The van der Waals surface area contributed by atoms with E-state index in [1.54, 1.807) is 12.4 Å². The number of aliphatic imine (C=N–C) groups is 1. The van der Waals surface area contributed by atoms with E-state index in [4.69, 9.17) is 5.73 Å². The zero-order valence-corrected chi connectivity index (χ0v) is 12.5. The van der Waals surface area contributed by atoms with E-state index in [9.17, 15) is 0 Å². The van der Waals surface area contributed by atoms with Crippen LogP contribution < -0.4 is 10.6 Å². The van der Waals surface area contributed by atoms with Crippen LogP contribution in [0, 0.1) is 13.8 Å². The van der Waals surface area contributed by atoms with Crippen molar-refractivity contribution in [3.63, 3.8) is 0 Å². The Morgan fingerprint density at radius 2 is 1.86 bits per heavy atom. The number of aryl methyl sites for hydroxylation is 2. The maximum Gasteiger partial charge on any atom is 0.196 e. The Morgan fingerprint density at radius 3 is 2.57 bits per heavy atom. The molecule has 0 amide bonds. The second-order valence-corrected chi connectivity index (χ2v) is 5.56. The molecule has 0 saturated carbocycles. The van der Waals surface area contributed by atoms with Gasteiger partial charge in [0.15, 0.2) is 5.96 Å². The van der Waals surface area contributed by atoms with Gasteiger partial charge in [0.2, 0.25) is 0 Å². The van der Waals surface area contributed by atoms with Gasteiger partial charge in [-0.05, 0) is 32.4 Å². The lowest BCUT2D eigenvalue weighted by Crippen LogP contribution is -2.49. The summed E-state index contributed by atoms with van der Waals surface area (Å²) in [5.74, 6) is 0.525. The van der Waals surface area contributed by atoms with Crippen molar-refractivity contribution in [2.45, 2.75) is 26.3 Å². The van der Waals surface area contributed by atoms with Crippen molar-refractivity contribution in [2.24, 2.45) is 10.7 Å². The van der Waals surface area contributed by atoms with Crippen LogP contribution in [0.5, 0.6) is 0 Å². The maximum absolute atomic E-state index is 6.17. The van der Waals surface area contributed by atoms with Crippen LogP contribution in [0.3, 0.4) is 0 Å². The molecule has 0 spiro atoms. The van der Waals surface area contributed by atoms with Crippen LogP contribution in [-0.2, 0) is 5.54 Å². The number of rotatable bonds is 2. The predicted molar refractivity (Wildman–Crippen MR) is 84.3 cm³/mol. The molecule has 1 unspecified atom stereocenters. The summed E-state index contributed by atoms with van der Waals surface area (Å²) in [6.45, 7) is 6.73. The molecular weight excluding hydrogens is 262 g/mol. The van der Waals surface area contributed by atoms with E-state index in [2.05, 4.69) is 45.8 Å². The first kappa shape index (κ1) is 13.5. The topological polar surface area (TPSA) is 67.4 Å². The monoisotopic (exact) mass is 281 g/mol. The zero-order valence-electron chi connectivity index (χ0n) is 12.5. The van der Waals surface area contributed by atoms with E-state index in [-0.39, 0.29) is 0 Å². The minimum absolute atomic E-state index is 0.408. The number of anilines is 1. The molecule has 0 radical (unpaired) electrons. The lowest BCUT2D eigenvalue weighted by molar-refractivity contribution is 0.508. The van der Waals surface area contributed by atoms with Gasteiger partial charge in [0, 0.05) is 18.1 Å². The highest BCUT2D eigenvalue weighted by Crippen LogP contribution is 2.37. The smallest absolute Gasteiger partial charge is 0.196 e. The van der Waals surface area contributed by atoms with Crippen LogP contribution in [-0.4, -0.2) is 22.5 Å². The molecule has 0 fully saturated rings. The highest BCUT2D eigenvalue weighted by Gasteiger charge is 2.43. The van der Waals surface area contributed by atoms with Gasteiger partial charge in [-0.25, -0.2) is 0 Å². The molecule has 1 aliphatic rings. The minimum atomic E-state index is -0.408. The van der Waals surface area contributed by atoms with Gasteiger partial charge in [-0.15, -0.1) is 0 Å². The average molecular weight is 281 g/mol. The van der Waals surface area contributed by atoms with Gasteiger partial charge >= 0.3 is 0 Å². The molecule has 21 heavy (non-hydrogen) atoms. The third kappa shape index (κ3) is 2.05. The Hall–Kier alpha value is -2.43. The Kier molecular flexibility index (Phi) is 3.12. The Morgan fingerprint density at radius 1 is 1.14 bits per heavy atom. The average Bonchev–Trinajstić information content (AvgIpc) is 2.77. The van der Waals surface area contributed by atoms with Crippen LogP contribution in [0.25, 0.3) is 0 Å². The summed E-state index contributed by atoms with van der Waals surface area (Å²) in [6.07, 6.45) is 3.43. The van der Waals surface area contributed by atoms with E-state index in [1.165, 1.54) is 0 Å². The van der Waals surface area contributed by atoms with Crippen molar-refractivity contribution < 1.29 is 0 Å². The number of aromatic nitrogens is 2. The maximum atomic E-state index is 6.17. The first-order valence-electron chi connectivity index (χ1n) is 6.98. The van der Waals surface area contributed by atoms with Gasteiger partial charge in [-0.1, -0.05) is 18.2 Å². The van der Waals surface area contributed by atoms with E-state index < -0.39 is 5.54 Å². The van der Waals surface area contributed by atoms with Crippen LogP contribution in [0.1, 0.15) is 23.9 Å². The van der Waals surface area contributed by atoms with E-state index in [0.717, 1.165) is 22.6 Å². The van der Waals surface area contributed by atoms with Gasteiger partial charge < -0.3 is 5.73 Å². The van der Waals surface area contributed by atoms with Crippen molar-refractivity contribution in [3.05, 3.63) is 53.6 Å². The molecule has 0 aliphatic carbocycles. The largest absolute Gasteiger partial charge is 0.369 e. The summed E-state index contributed by atoms with van der Waals surface area (Å²) in [6, 6.07) is 8.17. The van der Waals surface area contributed by atoms with E-state index >= 15 is 0 Å².